The van der Waals surface area contributed by atoms with Crippen LogP contribution in [-0.4, -0.2) is 61.6 Å². The number of nitrogens with zero attached hydrogens (tertiary/aromatic N) is 4. The molecule has 0 saturated carbocycles. The van der Waals surface area contributed by atoms with Crippen LogP contribution in [0.5, 0.6) is 0 Å². The van der Waals surface area contributed by atoms with E-state index < -0.39 is 15.3 Å². The van der Waals surface area contributed by atoms with Crippen molar-refractivity contribution in [3.05, 3.63) is 11.9 Å². The Morgan fingerprint density at radius 3 is 2.34 bits per heavy atom. The van der Waals surface area contributed by atoms with Crippen LogP contribution in [0.15, 0.2) is 11.1 Å². The van der Waals surface area contributed by atoms with Gasteiger partial charge in [-0.25, -0.2) is 18.4 Å². The molecule has 0 bridgehead atoms. The number of aromatic nitrogens is 2. The summed E-state index contributed by atoms with van der Waals surface area (Å²) in [5.74, 6) is 1.38. The van der Waals surface area contributed by atoms with E-state index in [9.17, 15) is 13.2 Å². The molecule has 1 atom stereocenters. The minimum atomic E-state index is -3.42. The van der Waals surface area contributed by atoms with Crippen LogP contribution < -0.4 is 4.90 Å². The first kappa shape index (κ1) is 22.0. The molecule has 2 aliphatic rings. The molecule has 0 N–H and O–H groups in total. The van der Waals surface area contributed by atoms with Crippen LogP contribution >= 0.6 is 0 Å². The van der Waals surface area contributed by atoms with Crippen LogP contribution in [0, 0.1) is 11.3 Å². The maximum Gasteiger partial charge on any atom is 0.227 e. The second-order valence-electron chi connectivity index (χ2n) is 9.70. The topological polar surface area (TPSA) is 83.5 Å². The number of sulfone groups is 1. The van der Waals surface area contributed by atoms with E-state index in [1.165, 1.54) is 18.9 Å². The average Bonchev–Trinajstić information content (AvgIpc) is 2.65. The minimum Gasteiger partial charge on any atom is -0.342 e. The lowest BCUT2D eigenvalue weighted by atomic mass is 9.89. The fourth-order valence-corrected chi connectivity index (χ4v) is 5.14. The summed E-state index contributed by atoms with van der Waals surface area (Å²) in [6.07, 6.45) is 6.44. The minimum absolute atomic E-state index is 0.0210. The lowest BCUT2D eigenvalue weighted by Gasteiger charge is -2.36. The number of anilines is 1. The summed E-state index contributed by atoms with van der Waals surface area (Å²) in [4.78, 5) is 26.0. The molecule has 2 fully saturated rings. The summed E-state index contributed by atoms with van der Waals surface area (Å²) in [6, 6.07) is 0. The monoisotopic (exact) mass is 422 g/mol. The van der Waals surface area contributed by atoms with Gasteiger partial charge in [0.25, 0.3) is 0 Å². The molecule has 1 aromatic rings. The van der Waals surface area contributed by atoms with Gasteiger partial charge in [0.2, 0.25) is 11.9 Å². The Bertz CT molecular complexity index is 855. The van der Waals surface area contributed by atoms with Gasteiger partial charge in [0, 0.05) is 43.8 Å². The van der Waals surface area contributed by atoms with Crippen molar-refractivity contribution in [2.75, 3.05) is 37.3 Å². The number of likely N-dealkylation sites (tertiary alicyclic amines) is 1. The van der Waals surface area contributed by atoms with Crippen molar-refractivity contribution in [1.82, 2.24) is 14.9 Å². The molecule has 1 aromatic heterocycles. The van der Waals surface area contributed by atoms with Gasteiger partial charge < -0.3 is 9.80 Å². The maximum atomic E-state index is 12.6. The molecule has 3 heterocycles. The van der Waals surface area contributed by atoms with Gasteiger partial charge in [-0.3, -0.25) is 4.79 Å². The van der Waals surface area contributed by atoms with E-state index in [1.54, 1.807) is 0 Å². The Labute approximate surface area is 174 Å². The largest absolute Gasteiger partial charge is 0.342 e. The predicted octanol–water partition coefficient (Wildman–Crippen LogP) is 2.87. The molecule has 2 aliphatic heterocycles. The lowest BCUT2D eigenvalue weighted by molar-refractivity contribution is -0.140. The molecule has 0 unspecified atom stereocenters. The second kappa shape index (κ2) is 8.20. The zero-order valence-electron chi connectivity index (χ0n) is 18.3. The quantitative estimate of drug-likeness (QED) is 0.745. The SMILES string of the molecule is C[C@H]1CCCN(c2ncc(S(C)(=O)=O)c(C3CCN(C(=O)C(C)(C)C)CC3)n2)C1. The van der Waals surface area contributed by atoms with E-state index >= 15 is 0 Å². The number of carbonyl (C=O) groups is 1. The molecule has 0 aliphatic carbocycles. The fraction of sp³-hybridized carbons (Fsp3) is 0.762. The summed E-state index contributed by atoms with van der Waals surface area (Å²) in [5.41, 5.74) is 0.219. The Morgan fingerprint density at radius 2 is 1.79 bits per heavy atom. The summed E-state index contributed by atoms with van der Waals surface area (Å²) in [6.45, 7) is 11.1. The highest BCUT2D eigenvalue weighted by molar-refractivity contribution is 7.90. The molecular weight excluding hydrogens is 388 g/mol. The van der Waals surface area contributed by atoms with Crippen LogP contribution in [0.2, 0.25) is 0 Å². The molecule has 7 nitrogen and oxygen atoms in total. The van der Waals surface area contributed by atoms with Crippen molar-refractivity contribution in [2.45, 2.75) is 64.2 Å². The molecule has 0 radical (unpaired) electrons. The van der Waals surface area contributed by atoms with Crippen molar-refractivity contribution in [2.24, 2.45) is 11.3 Å². The molecule has 1 amide bonds. The summed E-state index contributed by atoms with van der Waals surface area (Å²) < 4.78 is 24.8. The Morgan fingerprint density at radius 1 is 1.14 bits per heavy atom. The van der Waals surface area contributed by atoms with Crippen LogP contribution in [0.25, 0.3) is 0 Å². The second-order valence-corrected chi connectivity index (χ2v) is 11.7. The fourth-order valence-electron chi connectivity index (χ4n) is 4.31. The number of rotatable bonds is 3. The van der Waals surface area contributed by atoms with Crippen molar-refractivity contribution < 1.29 is 13.2 Å². The van der Waals surface area contributed by atoms with Crippen LogP contribution in [0.3, 0.4) is 0 Å². The van der Waals surface area contributed by atoms with Crippen molar-refractivity contribution in [3.8, 4) is 0 Å². The standard InChI is InChI=1S/C21H34N4O3S/c1-15-7-6-10-25(14-15)20-22-13-17(29(5,27)28)18(23-20)16-8-11-24(12-9-16)19(26)21(2,3)4/h13,15-16H,6-12,14H2,1-5H3/t15-/m0/s1. The summed E-state index contributed by atoms with van der Waals surface area (Å²) in [7, 11) is -3.42. The first-order valence-electron chi connectivity index (χ1n) is 10.6. The first-order chi connectivity index (χ1) is 13.5. The normalized spacial score (nSPS) is 22.0. The number of hydrogen-bond acceptors (Lipinski definition) is 6. The van der Waals surface area contributed by atoms with Gasteiger partial charge in [0.15, 0.2) is 9.84 Å². The van der Waals surface area contributed by atoms with Gasteiger partial charge in [0.05, 0.1) is 11.9 Å². The van der Waals surface area contributed by atoms with Gasteiger partial charge in [-0.15, -0.1) is 0 Å². The van der Waals surface area contributed by atoms with Crippen LogP contribution in [0.1, 0.15) is 65.0 Å². The van der Waals surface area contributed by atoms with Crippen molar-refractivity contribution in [1.29, 1.82) is 0 Å². The summed E-state index contributed by atoms with van der Waals surface area (Å²) in [5, 5.41) is 0. The van der Waals surface area contributed by atoms with Gasteiger partial charge in [0.1, 0.15) is 4.90 Å². The third-order valence-electron chi connectivity index (χ3n) is 5.92. The van der Waals surface area contributed by atoms with E-state index in [2.05, 4.69) is 16.8 Å². The van der Waals surface area contributed by atoms with Gasteiger partial charge >= 0.3 is 0 Å². The van der Waals surface area contributed by atoms with E-state index in [-0.39, 0.29) is 16.7 Å². The number of amides is 1. The first-order valence-corrected chi connectivity index (χ1v) is 12.5. The number of carbonyl (C=O) groups excluding carboxylic acids is 1. The maximum absolute atomic E-state index is 12.6. The molecular formula is C21H34N4O3S. The van der Waals surface area contributed by atoms with Gasteiger partial charge in [-0.2, -0.15) is 0 Å². The van der Waals surface area contributed by atoms with E-state index in [4.69, 9.17) is 4.98 Å². The van der Waals surface area contributed by atoms with Crippen LogP contribution in [-0.2, 0) is 14.6 Å². The number of hydrogen-bond donors (Lipinski definition) is 0. The Hall–Kier alpha value is -1.70. The number of piperidine rings is 2. The third kappa shape index (κ3) is 5.08. The van der Waals surface area contributed by atoms with Gasteiger partial charge in [-0.1, -0.05) is 27.7 Å². The third-order valence-corrected chi connectivity index (χ3v) is 7.03. The van der Waals surface area contributed by atoms with E-state index in [0.717, 1.165) is 32.4 Å². The van der Waals surface area contributed by atoms with E-state index in [0.29, 0.717) is 30.6 Å². The zero-order valence-corrected chi connectivity index (χ0v) is 19.1. The molecule has 8 heteroatoms. The molecule has 3 rings (SSSR count). The highest BCUT2D eigenvalue weighted by Crippen LogP contribution is 2.33. The highest BCUT2D eigenvalue weighted by Gasteiger charge is 2.33. The summed E-state index contributed by atoms with van der Waals surface area (Å²) >= 11 is 0. The molecule has 162 valence electrons. The predicted molar refractivity (Wildman–Crippen MR) is 114 cm³/mol. The average molecular weight is 423 g/mol. The van der Waals surface area contributed by atoms with Crippen LogP contribution in [0.4, 0.5) is 5.95 Å². The van der Waals surface area contributed by atoms with Crippen molar-refractivity contribution >= 4 is 21.7 Å². The van der Waals surface area contributed by atoms with E-state index in [1.807, 2.05) is 25.7 Å². The molecule has 0 spiro atoms. The highest BCUT2D eigenvalue weighted by atomic mass is 32.2. The van der Waals surface area contributed by atoms with Crippen molar-refractivity contribution in [3.63, 3.8) is 0 Å². The zero-order chi connectivity index (χ0) is 21.4. The molecule has 29 heavy (non-hydrogen) atoms. The van der Waals surface area contributed by atoms with Gasteiger partial charge in [-0.05, 0) is 31.6 Å². The molecule has 2 saturated heterocycles. The Balaban J connectivity index is 1.85. The Kier molecular flexibility index (Phi) is 6.22. The smallest absolute Gasteiger partial charge is 0.227 e. The lowest BCUT2D eigenvalue weighted by Crippen LogP contribution is -2.44. The molecule has 0 aromatic carbocycles.